The van der Waals surface area contributed by atoms with Crippen LogP contribution in [0.2, 0.25) is 0 Å². The molecule has 0 aromatic carbocycles. The molecule has 2 fully saturated rings. The second kappa shape index (κ2) is 2.86. The second-order valence-corrected chi connectivity index (χ2v) is 2.84. The van der Waals surface area contributed by atoms with E-state index in [1.54, 1.807) is 0 Å². The highest BCUT2D eigenvalue weighted by molar-refractivity contribution is 5.85. The Hall–Kier alpha value is 0.210. The Bertz CT molecular complexity index is 77.1. The Kier molecular flexibility index (Phi) is 2.33. The lowest BCUT2D eigenvalue weighted by atomic mass is 10.0. The van der Waals surface area contributed by atoms with Gasteiger partial charge in [0.1, 0.15) is 0 Å². The van der Waals surface area contributed by atoms with Crippen molar-refractivity contribution in [3.05, 3.63) is 0 Å². The molecule has 9 heavy (non-hydrogen) atoms. The molecule has 3 heteroatoms. The first-order chi connectivity index (χ1) is 3.97. The summed E-state index contributed by atoms with van der Waals surface area (Å²) >= 11 is 0. The van der Waals surface area contributed by atoms with Crippen molar-refractivity contribution in [3.8, 4) is 0 Å². The minimum absolute atomic E-state index is 0. The van der Waals surface area contributed by atoms with Gasteiger partial charge in [-0.1, -0.05) is 0 Å². The third-order valence-corrected chi connectivity index (χ3v) is 2.29. The van der Waals surface area contributed by atoms with E-state index in [4.69, 9.17) is 0 Å². The highest BCUT2D eigenvalue weighted by Crippen LogP contribution is 2.19. The molecule has 0 radical (unpaired) electrons. The summed E-state index contributed by atoms with van der Waals surface area (Å²) in [5.41, 5.74) is 0. The zero-order chi connectivity index (χ0) is 5.40. The Morgan fingerprint density at radius 2 is 1.11 bits per heavy atom. The fraction of sp³-hybridized carbons (Fsp3) is 1.00. The van der Waals surface area contributed by atoms with Gasteiger partial charge in [0.15, 0.2) is 0 Å². The fourth-order valence-corrected chi connectivity index (χ4v) is 1.72. The van der Waals surface area contributed by atoms with Gasteiger partial charge in [0.25, 0.3) is 0 Å². The monoisotopic (exact) mass is 148 g/mol. The van der Waals surface area contributed by atoms with Crippen LogP contribution in [-0.2, 0) is 0 Å². The summed E-state index contributed by atoms with van der Waals surface area (Å²) in [6.07, 6.45) is 0. The molecule has 2 saturated heterocycles. The number of nitrogens with one attached hydrogen (secondary N) is 2. The molecule has 0 saturated carbocycles. The number of hydrogen-bond donors (Lipinski definition) is 2. The van der Waals surface area contributed by atoms with Gasteiger partial charge in [-0.05, 0) is 38.0 Å². The summed E-state index contributed by atoms with van der Waals surface area (Å²) in [6, 6.07) is 0. The third-order valence-electron chi connectivity index (χ3n) is 2.29. The molecule has 0 bridgehead atoms. The van der Waals surface area contributed by atoms with Crippen molar-refractivity contribution in [1.82, 2.24) is 10.6 Å². The molecule has 2 aliphatic rings. The minimum atomic E-state index is 0. The fourth-order valence-electron chi connectivity index (χ4n) is 1.72. The van der Waals surface area contributed by atoms with Crippen molar-refractivity contribution in [2.75, 3.05) is 26.2 Å². The SMILES string of the molecule is C1NCC2CNCC12.Cl. The Morgan fingerprint density at radius 3 is 1.44 bits per heavy atom. The first-order valence-electron chi connectivity index (χ1n) is 3.38. The van der Waals surface area contributed by atoms with Crippen molar-refractivity contribution in [3.63, 3.8) is 0 Å². The number of hydrogen-bond acceptors (Lipinski definition) is 2. The smallest absolute Gasteiger partial charge is 0.000463 e. The largest absolute Gasteiger partial charge is 0.316 e. The molecule has 0 aromatic heterocycles. The highest BCUT2D eigenvalue weighted by Gasteiger charge is 2.30. The molecule has 2 rings (SSSR count). The van der Waals surface area contributed by atoms with Crippen LogP contribution in [0.15, 0.2) is 0 Å². The molecule has 2 nitrogen and oxygen atoms in total. The van der Waals surface area contributed by atoms with Crippen LogP contribution in [0.4, 0.5) is 0 Å². The van der Waals surface area contributed by atoms with Crippen LogP contribution in [0.1, 0.15) is 0 Å². The summed E-state index contributed by atoms with van der Waals surface area (Å²) < 4.78 is 0. The minimum Gasteiger partial charge on any atom is -0.316 e. The Balaban J connectivity index is 0.000000405. The molecular weight excluding hydrogens is 136 g/mol. The van der Waals surface area contributed by atoms with Crippen LogP contribution in [0.3, 0.4) is 0 Å². The lowest BCUT2D eigenvalue weighted by Crippen LogP contribution is -2.19. The maximum atomic E-state index is 3.38. The summed E-state index contributed by atoms with van der Waals surface area (Å²) in [7, 11) is 0. The number of fused-ring (bicyclic) bond motifs is 1. The molecule has 0 aliphatic carbocycles. The standard InChI is InChI=1S/C6H12N2.ClH/c1-5-2-8-4-6(5)3-7-1;/h5-8H,1-4H2;1H. The normalized spacial score (nSPS) is 40.0. The molecule has 0 atom stereocenters. The van der Waals surface area contributed by atoms with E-state index >= 15 is 0 Å². The van der Waals surface area contributed by atoms with Gasteiger partial charge in [0.05, 0.1) is 0 Å². The number of rotatable bonds is 0. The van der Waals surface area contributed by atoms with Gasteiger partial charge in [-0.3, -0.25) is 0 Å². The van der Waals surface area contributed by atoms with Crippen molar-refractivity contribution < 1.29 is 0 Å². The van der Waals surface area contributed by atoms with Gasteiger partial charge >= 0.3 is 0 Å². The molecule has 0 amide bonds. The van der Waals surface area contributed by atoms with Crippen LogP contribution in [0.5, 0.6) is 0 Å². The summed E-state index contributed by atoms with van der Waals surface area (Å²) in [4.78, 5) is 0. The predicted octanol–water partition coefficient (Wildman–Crippen LogP) is -0.153. The molecule has 54 valence electrons. The molecular formula is C6H13ClN2. The summed E-state index contributed by atoms with van der Waals surface area (Å²) in [5, 5.41) is 6.77. The van der Waals surface area contributed by atoms with E-state index in [1.165, 1.54) is 26.2 Å². The van der Waals surface area contributed by atoms with Crippen LogP contribution < -0.4 is 10.6 Å². The van der Waals surface area contributed by atoms with Gasteiger partial charge in [-0.25, -0.2) is 0 Å². The van der Waals surface area contributed by atoms with E-state index in [9.17, 15) is 0 Å². The predicted molar refractivity (Wildman–Crippen MR) is 40.0 cm³/mol. The highest BCUT2D eigenvalue weighted by atomic mass is 35.5. The van der Waals surface area contributed by atoms with Crippen molar-refractivity contribution in [2.45, 2.75) is 0 Å². The van der Waals surface area contributed by atoms with E-state index < -0.39 is 0 Å². The Morgan fingerprint density at radius 1 is 0.778 bits per heavy atom. The van der Waals surface area contributed by atoms with Crippen molar-refractivity contribution in [2.24, 2.45) is 11.8 Å². The van der Waals surface area contributed by atoms with E-state index in [0.29, 0.717) is 0 Å². The van der Waals surface area contributed by atoms with Crippen LogP contribution >= 0.6 is 12.4 Å². The zero-order valence-corrected chi connectivity index (χ0v) is 6.21. The van der Waals surface area contributed by atoms with Gasteiger partial charge in [0, 0.05) is 0 Å². The molecule has 2 heterocycles. The molecule has 0 spiro atoms. The second-order valence-electron chi connectivity index (χ2n) is 2.84. The van der Waals surface area contributed by atoms with E-state index in [-0.39, 0.29) is 12.4 Å². The molecule has 0 unspecified atom stereocenters. The zero-order valence-electron chi connectivity index (χ0n) is 5.39. The van der Waals surface area contributed by atoms with Crippen LogP contribution in [-0.4, -0.2) is 26.2 Å². The topological polar surface area (TPSA) is 24.1 Å². The maximum absolute atomic E-state index is 3.38. The average Bonchev–Trinajstić information content (AvgIpc) is 2.15. The van der Waals surface area contributed by atoms with E-state index in [0.717, 1.165) is 11.8 Å². The third kappa shape index (κ3) is 1.20. The first kappa shape index (κ1) is 7.32. The van der Waals surface area contributed by atoms with Crippen LogP contribution in [0.25, 0.3) is 0 Å². The summed E-state index contributed by atoms with van der Waals surface area (Å²) in [5.74, 6) is 1.91. The van der Waals surface area contributed by atoms with Crippen molar-refractivity contribution >= 4 is 12.4 Å². The molecule has 2 aliphatic heterocycles. The van der Waals surface area contributed by atoms with Crippen molar-refractivity contribution in [1.29, 1.82) is 0 Å². The van der Waals surface area contributed by atoms with Gasteiger partial charge in [-0.15, -0.1) is 12.4 Å². The van der Waals surface area contributed by atoms with Gasteiger partial charge in [0.2, 0.25) is 0 Å². The quantitative estimate of drug-likeness (QED) is 0.499. The molecule has 2 N–H and O–H groups in total. The van der Waals surface area contributed by atoms with Gasteiger partial charge in [-0.2, -0.15) is 0 Å². The lowest BCUT2D eigenvalue weighted by Gasteiger charge is -2.01. The lowest BCUT2D eigenvalue weighted by molar-refractivity contribution is 0.533. The average molecular weight is 149 g/mol. The Labute approximate surface area is 61.8 Å². The summed E-state index contributed by atoms with van der Waals surface area (Å²) in [6.45, 7) is 4.99. The van der Waals surface area contributed by atoms with Gasteiger partial charge < -0.3 is 10.6 Å². The number of halogens is 1. The maximum Gasteiger partial charge on any atom is -0.000463 e. The van der Waals surface area contributed by atoms with E-state index in [1.807, 2.05) is 0 Å². The molecule has 0 aromatic rings. The van der Waals surface area contributed by atoms with E-state index in [2.05, 4.69) is 10.6 Å². The first-order valence-corrected chi connectivity index (χ1v) is 3.38. The van der Waals surface area contributed by atoms with Crippen LogP contribution in [0, 0.1) is 11.8 Å².